The fourth-order valence-corrected chi connectivity index (χ4v) is 1.96. The number of nitrogens with zero attached hydrogens (tertiary/aromatic N) is 2. The van der Waals surface area contributed by atoms with Crippen LogP contribution in [0.2, 0.25) is 0 Å². The third-order valence-electron chi connectivity index (χ3n) is 2.95. The monoisotopic (exact) mass is 192 g/mol. The number of hydrogen-bond acceptors (Lipinski definition) is 3. The first-order valence-electron chi connectivity index (χ1n) is 4.68. The van der Waals surface area contributed by atoms with Gasteiger partial charge in [0, 0.05) is 12.4 Å². The molecule has 74 valence electrons. The van der Waals surface area contributed by atoms with E-state index in [0.29, 0.717) is 18.5 Å². The van der Waals surface area contributed by atoms with E-state index in [0.717, 1.165) is 12.1 Å². The molecule has 0 spiro atoms. The highest BCUT2D eigenvalue weighted by atomic mass is 16.4. The molecule has 0 unspecified atom stereocenters. The summed E-state index contributed by atoms with van der Waals surface area (Å²) in [6.45, 7) is 1.81. The molecule has 4 heteroatoms. The second-order valence-electron chi connectivity index (χ2n) is 3.73. The highest BCUT2D eigenvalue weighted by Gasteiger charge is 2.48. The largest absolute Gasteiger partial charge is 0.481 e. The third-order valence-corrected chi connectivity index (χ3v) is 2.95. The Morgan fingerprint density at radius 3 is 2.50 bits per heavy atom. The minimum absolute atomic E-state index is 0.638. The summed E-state index contributed by atoms with van der Waals surface area (Å²) in [6, 6.07) is 0. The number of aliphatic carboxylic acids is 1. The fraction of sp³-hybridized carbons (Fsp3) is 0.500. The minimum atomic E-state index is -0.771. The standard InChI is InChI=1S/C10H12N2O2/c1-7-8(12-6-5-11-7)10(9(13)14)3-2-4-10/h5-6H,2-4H2,1H3,(H,13,14). The van der Waals surface area contributed by atoms with E-state index < -0.39 is 11.4 Å². The molecule has 0 bridgehead atoms. The first kappa shape index (κ1) is 9.12. The molecule has 2 rings (SSSR count). The lowest BCUT2D eigenvalue weighted by Gasteiger charge is -2.37. The van der Waals surface area contributed by atoms with Crippen LogP contribution in [0, 0.1) is 6.92 Å². The molecular weight excluding hydrogens is 180 g/mol. The van der Waals surface area contributed by atoms with Crippen molar-refractivity contribution in [2.75, 3.05) is 0 Å². The van der Waals surface area contributed by atoms with E-state index >= 15 is 0 Å². The lowest BCUT2D eigenvalue weighted by atomic mass is 9.66. The van der Waals surface area contributed by atoms with E-state index in [4.69, 9.17) is 0 Å². The Hall–Kier alpha value is -1.45. The van der Waals surface area contributed by atoms with E-state index in [-0.39, 0.29) is 0 Å². The molecule has 1 fully saturated rings. The van der Waals surface area contributed by atoms with Crippen LogP contribution in [0.15, 0.2) is 12.4 Å². The Bertz CT molecular complexity index is 372. The average Bonchev–Trinajstić information content (AvgIpc) is 2.05. The molecule has 1 aliphatic carbocycles. The highest BCUT2D eigenvalue weighted by Crippen LogP contribution is 2.43. The van der Waals surface area contributed by atoms with Gasteiger partial charge in [-0.1, -0.05) is 6.42 Å². The molecule has 1 aromatic heterocycles. The Labute approximate surface area is 82.0 Å². The molecule has 0 atom stereocenters. The zero-order valence-electron chi connectivity index (χ0n) is 8.03. The summed E-state index contributed by atoms with van der Waals surface area (Å²) in [5.41, 5.74) is 0.617. The summed E-state index contributed by atoms with van der Waals surface area (Å²) in [4.78, 5) is 19.4. The van der Waals surface area contributed by atoms with Gasteiger partial charge in [0.25, 0.3) is 0 Å². The molecule has 0 saturated heterocycles. The van der Waals surface area contributed by atoms with Crippen LogP contribution in [0.3, 0.4) is 0 Å². The molecule has 1 aromatic rings. The van der Waals surface area contributed by atoms with Gasteiger partial charge in [0.1, 0.15) is 5.41 Å². The van der Waals surface area contributed by atoms with Gasteiger partial charge in [0.2, 0.25) is 0 Å². The van der Waals surface area contributed by atoms with Crippen LogP contribution >= 0.6 is 0 Å². The van der Waals surface area contributed by atoms with Crippen molar-refractivity contribution in [1.29, 1.82) is 0 Å². The highest BCUT2D eigenvalue weighted by molar-refractivity contribution is 5.82. The van der Waals surface area contributed by atoms with Crippen LogP contribution in [0.5, 0.6) is 0 Å². The normalized spacial score (nSPS) is 18.6. The number of carbonyl (C=O) groups is 1. The number of aryl methyl sites for hydroxylation is 1. The van der Waals surface area contributed by atoms with Crippen LogP contribution in [-0.2, 0) is 10.2 Å². The molecular formula is C10H12N2O2. The summed E-state index contributed by atoms with van der Waals surface area (Å²) >= 11 is 0. The molecule has 1 saturated carbocycles. The maximum absolute atomic E-state index is 11.2. The van der Waals surface area contributed by atoms with Gasteiger partial charge in [-0.15, -0.1) is 0 Å². The van der Waals surface area contributed by atoms with E-state index in [1.54, 1.807) is 12.4 Å². The van der Waals surface area contributed by atoms with Gasteiger partial charge in [-0.2, -0.15) is 0 Å². The maximum Gasteiger partial charge on any atom is 0.315 e. The molecule has 1 N–H and O–H groups in total. The zero-order chi connectivity index (χ0) is 10.2. The van der Waals surface area contributed by atoms with Gasteiger partial charge in [0.15, 0.2) is 0 Å². The average molecular weight is 192 g/mol. The van der Waals surface area contributed by atoms with Crippen LogP contribution in [0.1, 0.15) is 30.7 Å². The molecule has 0 aliphatic heterocycles. The summed E-state index contributed by atoms with van der Waals surface area (Å²) < 4.78 is 0. The van der Waals surface area contributed by atoms with Gasteiger partial charge < -0.3 is 5.11 Å². The molecule has 1 aliphatic rings. The van der Waals surface area contributed by atoms with Crippen LogP contribution in [0.4, 0.5) is 0 Å². The van der Waals surface area contributed by atoms with E-state index in [9.17, 15) is 9.90 Å². The fourth-order valence-electron chi connectivity index (χ4n) is 1.96. The molecule has 0 radical (unpaired) electrons. The lowest BCUT2D eigenvalue weighted by Crippen LogP contribution is -2.43. The minimum Gasteiger partial charge on any atom is -0.481 e. The summed E-state index contributed by atoms with van der Waals surface area (Å²) in [5.74, 6) is -0.771. The second kappa shape index (κ2) is 3.04. The Balaban J connectivity index is 2.47. The van der Waals surface area contributed by atoms with Crippen LogP contribution in [-0.4, -0.2) is 21.0 Å². The summed E-state index contributed by atoms with van der Waals surface area (Å²) in [5, 5.41) is 9.19. The summed E-state index contributed by atoms with van der Waals surface area (Å²) in [7, 11) is 0. The van der Waals surface area contributed by atoms with Crippen molar-refractivity contribution in [3.8, 4) is 0 Å². The van der Waals surface area contributed by atoms with Crippen molar-refractivity contribution in [2.45, 2.75) is 31.6 Å². The first-order valence-corrected chi connectivity index (χ1v) is 4.68. The smallest absolute Gasteiger partial charge is 0.315 e. The lowest BCUT2D eigenvalue weighted by molar-refractivity contribution is -0.147. The Morgan fingerprint density at radius 2 is 2.07 bits per heavy atom. The maximum atomic E-state index is 11.2. The molecule has 0 aromatic carbocycles. The van der Waals surface area contributed by atoms with Gasteiger partial charge in [0.05, 0.1) is 11.4 Å². The van der Waals surface area contributed by atoms with E-state index in [1.165, 1.54) is 0 Å². The number of carboxylic acid groups (broad SMARTS) is 1. The van der Waals surface area contributed by atoms with Crippen molar-refractivity contribution >= 4 is 5.97 Å². The first-order chi connectivity index (χ1) is 6.67. The quantitative estimate of drug-likeness (QED) is 0.766. The summed E-state index contributed by atoms with van der Waals surface area (Å²) in [6.07, 6.45) is 5.48. The van der Waals surface area contributed by atoms with Crippen LogP contribution < -0.4 is 0 Å². The van der Waals surface area contributed by atoms with Gasteiger partial charge in [-0.25, -0.2) is 0 Å². The Kier molecular flexibility index (Phi) is 1.98. The predicted molar refractivity (Wildman–Crippen MR) is 49.9 cm³/mol. The van der Waals surface area contributed by atoms with Crippen LogP contribution in [0.25, 0.3) is 0 Å². The zero-order valence-corrected chi connectivity index (χ0v) is 8.03. The third kappa shape index (κ3) is 1.10. The molecule has 14 heavy (non-hydrogen) atoms. The Morgan fingerprint density at radius 1 is 1.43 bits per heavy atom. The number of carboxylic acids is 1. The molecule has 1 heterocycles. The molecule has 0 amide bonds. The topological polar surface area (TPSA) is 63.1 Å². The van der Waals surface area contributed by atoms with E-state index in [1.807, 2.05) is 6.92 Å². The van der Waals surface area contributed by atoms with Gasteiger partial charge in [-0.05, 0) is 19.8 Å². The van der Waals surface area contributed by atoms with Crippen molar-refractivity contribution in [3.63, 3.8) is 0 Å². The number of rotatable bonds is 2. The predicted octanol–water partition coefficient (Wildman–Crippen LogP) is 1.29. The van der Waals surface area contributed by atoms with Crippen molar-refractivity contribution < 1.29 is 9.90 Å². The number of hydrogen-bond donors (Lipinski definition) is 1. The van der Waals surface area contributed by atoms with Crippen molar-refractivity contribution in [3.05, 3.63) is 23.8 Å². The van der Waals surface area contributed by atoms with Crippen molar-refractivity contribution in [2.24, 2.45) is 0 Å². The second-order valence-corrected chi connectivity index (χ2v) is 3.73. The molecule has 4 nitrogen and oxygen atoms in total. The van der Waals surface area contributed by atoms with Gasteiger partial charge >= 0.3 is 5.97 Å². The van der Waals surface area contributed by atoms with Gasteiger partial charge in [-0.3, -0.25) is 14.8 Å². The SMILES string of the molecule is Cc1nccnc1C1(C(=O)O)CCC1. The van der Waals surface area contributed by atoms with E-state index in [2.05, 4.69) is 9.97 Å². The van der Waals surface area contributed by atoms with Crippen molar-refractivity contribution in [1.82, 2.24) is 9.97 Å². The number of aromatic nitrogens is 2.